The summed E-state index contributed by atoms with van der Waals surface area (Å²) in [6, 6.07) is -0.575. The van der Waals surface area contributed by atoms with Crippen LogP contribution in [0, 0.1) is 11.6 Å². The Bertz CT molecular complexity index is 1830. The Morgan fingerprint density at radius 3 is 2.27 bits per heavy atom. The second-order valence-corrected chi connectivity index (χ2v) is 10.6. The SMILES string of the molecule is CCn1cc(C(=O)O)c(=O)c2cc(F)c(-n3cc(CO[C@H]4O[C@H](COC(C)=O)[C@@H](OC(C)=O)[C@H](OC(C)=O)[C@H]4NC(C)=O)nn3)c(F)c21. The number of fused-ring (bicyclic) bond motifs is 1. The molecule has 17 nitrogen and oxygen atoms in total. The highest BCUT2D eigenvalue weighted by atomic mass is 19.1. The molecule has 1 aliphatic rings. The summed E-state index contributed by atoms with van der Waals surface area (Å²) >= 11 is 0. The van der Waals surface area contributed by atoms with Gasteiger partial charge >= 0.3 is 23.9 Å². The molecule has 19 heteroatoms. The monoisotopic (exact) mass is 679 g/mol. The van der Waals surface area contributed by atoms with Gasteiger partial charge < -0.3 is 38.7 Å². The first-order chi connectivity index (χ1) is 22.6. The summed E-state index contributed by atoms with van der Waals surface area (Å²) in [6.07, 6.45) is -3.37. The van der Waals surface area contributed by atoms with Crippen molar-refractivity contribution in [1.82, 2.24) is 24.9 Å². The molecule has 258 valence electrons. The molecule has 1 amide bonds. The lowest BCUT2D eigenvalue weighted by Crippen LogP contribution is -2.66. The number of carbonyl (C=O) groups is 5. The number of amides is 1. The number of carboxylic acids is 1. The van der Waals surface area contributed by atoms with Crippen LogP contribution in [0.15, 0.2) is 23.3 Å². The van der Waals surface area contributed by atoms with E-state index in [1.165, 1.54) is 0 Å². The van der Waals surface area contributed by atoms with E-state index in [2.05, 4.69) is 15.6 Å². The molecule has 0 bridgehead atoms. The highest BCUT2D eigenvalue weighted by Gasteiger charge is 2.51. The number of hydrogen-bond acceptors (Lipinski definition) is 13. The number of esters is 3. The van der Waals surface area contributed by atoms with Gasteiger partial charge in [-0.25, -0.2) is 18.3 Å². The number of aromatic carboxylic acids is 1. The predicted octanol–water partition coefficient (Wildman–Crippen LogP) is 0.751. The Balaban J connectivity index is 1.68. The van der Waals surface area contributed by atoms with Crippen molar-refractivity contribution in [3.63, 3.8) is 0 Å². The number of halogens is 2. The van der Waals surface area contributed by atoms with E-state index in [4.69, 9.17) is 23.7 Å². The first-order valence-electron chi connectivity index (χ1n) is 14.3. The summed E-state index contributed by atoms with van der Waals surface area (Å²) in [4.78, 5) is 71.8. The number of rotatable bonds is 11. The summed E-state index contributed by atoms with van der Waals surface area (Å²) in [5, 5.41) is 19.0. The zero-order valence-corrected chi connectivity index (χ0v) is 26.2. The maximum absolute atomic E-state index is 15.8. The fourth-order valence-corrected chi connectivity index (χ4v) is 5.16. The Hall–Kier alpha value is -5.30. The Kier molecular flexibility index (Phi) is 10.8. The van der Waals surface area contributed by atoms with Gasteiger partial charge in [-0.05, 0) is 13.0 Å². The number of ether oxygens (including phenoxy) is 5. The molecule has 4 rings (SSSR count). The lowest BCUT2D eigenvalue weighted by molar-refractivity contribution is -0.280. The Labute approximate surface area is 269 Å². The number of aryl methyl sites for hydroxylation is 1. The smallest absolute Gasteiger partial charge is 0.341 e. The molecule has 5 atom stereocenters. The first-order valence-corrected chi connectivity index (χ1v) is 14.3. The number of hydrogen-bond donors (Lipinski definition) is 2. The van der Waals surface area contributed by atoms with Gasteiger partial charge in [0, 0.05) is 40.4 Å². The van der Waals surface area contributed by atoms with Crippen molar-refractivity contribution in [3.8, 4) is 5.69 Å². The van der Waals surface area contributed by atoms with Crippen LogP contribution in [0.4, 0.5) is 8.78 Å². The minimum Gasteiger partial charge on any atom is -0.477 e. The van der Waals surface area contributed by atoms with E-state index in [9.17, 15) is 33.9 Å². The van der Waals surface area contributed by atoms with Crippen LogP contribution in [-0.4, -0.2) is 91.7 Å². The highest BCUT2D eigenvalue weighted by Crippen LogP contribution is 2.29. The van der Waals surface area contributed by atoms with Gasteiger partial charge in [0.2, 0.25) is 11.3 Å². The van der Waals surface area contributed by atoms with Gasteiger partial charge in [-0.1, -0.05) is 5.21 Å². The number of pyridine rings is 1. The second kappa shape index (κ2) is 14.6. The van der Waals surface area contributed by atoms with E-state index < -0.39 is 107 Å². The Morgan fingerprint density at radius 1 is 1.02 bits per heavy atom. The maximum atomic E-state index is 15.8. The van der Waals surface area contributed by atoms with Crippen molar-refractivity contribution in [1.29, 1.82) is 0 Å². The van der Waals surface area contributed by atoms with E-state index in [0.717, 1.165) is 49.3 Å². The van der Waals surface area contributed by atoms with Crippen LogP contribution in [0.5, 0.6) is 0 Å². The van der Waals surface area contributed by atoms with Gasteiger partial charge in [-0.15, -0.1) is 5.10 Å². The standard InChI is InChI=1S/C29H31F2N5O12/c1-6-35-9-18(28(42)43)25(41)17-7-19(30)24(21(31)23(17)35)36-8-16(33-34-36)10-45-29-22(32-12(2)37)27(47-15(5)40)26(46-14(4)39)20(48-29)11-44-13(3)38/h7-9,20,22,26-27,29H,6,10-11H2,1-5H3,(H,32,37)(H,42,43)/t20-,22-,26-,27-,29+/m1/s1. The fourth-order valence-electron chi connectivity index (χ4n) is 5.16. The topological polar surface area (TPSA) is 216 Å². The van der Waals surface area contributed by atoms with Crippen molar-refractivity contribution in [2.24, 2.45) is 0 Å². The van der Waals surface area contributed by atoms with Crippen LogP contribution in [-0.2, 0) is 56.0 Å². The van der Waals surface area contributed by atoms with Gasteiger partial charge in [-0.2, -0.15) is 0 Å². The van der Waals surface area contributed by atoms with Crippen LogP contribution < -0.4 is 10.7 Å². The van der Waals surface area contributed by atoms with Crippen LogP contribution in [0.25, 0.3) is 16.6 Å². The number of carbonyl (C=O) groups excluding carboxylic acids is 4. The molecule has 1 aromatic carbocycles. The number of aromatic nitrogens is 4. The third kappa shape index (κ3) is 7.63. The van der Waals surface area contributed by atoms with Crippen molar-refractivity contribution < 1.29 is 61.5 Å². The minimum atomic E-state index is -1.56. The third-order valence-corrected chi connectivity index (χ3v) is 7.04. The Morgan fingerprint density at radius 2 is 1.69 bits per heavy atom. The van der Waals surface area contributed by atoms with Crippen molar-refractivity contribution in [2.75, 3.05) is 6.61 Å². The molecule has 48 heavy (non-hydrogen) atoms. The largest absolute Gasteiger partial charge is 0.477 e. The second-order valence-electron chi connectivity index (χ2n) is 10.6. The summed E-state index contributed by atoms with van der Waals surface area (Å²) in [7, 11) is 0. The van der Waals surface area contributed by atoms with Gasteiger partial charge in [0.15, 0.2) is 30.1 Å². The molecule has 1 aliphatic heterocycles. The van der Waals surface area contributed by atoms with E-state index in [1.807, 2.05) is 0 Å². The average Bonchev–Trinajstić information content (AvgIpc) is 3.45. The maximum Gasteiger partial charge on any atom is 0.341 e. The number of carboxylic acid groups (broad SMARTS) is 1. The molecule has 2 N–H and O–H groups in total. The van der Waals surface area contributed by atoms with E-state index in [1.54, 1.807) is 6.92 Å². The van der Waals surface area contributed by atoms with E-state index in [0.29, 0.717) is 6.07 Å². The van der Waals surface area contributed by atoms with Crippen LogP contribution >= 0.6 is 0 Å². The molecule has 0 unspecified atom stereocenters. The molecule has 0 saturated carbocycles. The summed E-state index contributed by atoms with van der Waals surface area (Å²) in [6.45, 7) is 5.13. The molecule has 0 aliphatic carbocycles. The van der Waals surface area contributed by atoms with Crippen LogP contribution in [0.1, 0.15) is 50.7 Å². The molecular formula is C29H31F2N5O12. The third-order valence-electron chi connectivity index (χ3n) is 7.04. The minimum absolute atomic E-state index is 0.0177. The van der Waals surface area contributed by atoms with E-state index >= 15 is 8.78 Å². The quantitative estimate of drug-likeness (QED) is 0.211. The molecule has 3 aromatic rings. The molecular weight excluding hydrogens is 648 g/mol. The normalized spacial score (nSPS) is 20.6. The summed E-state index contributed by atoms with van der Waals surface area (Å²) in [5.41, 5.74) is -2.84. The molecule has 0 radical (unpaired) electrons. The van der Waals surface area contributed by atoms with Crippen molar-refractivity contribution in [2.45, 2.75) is 78.4 Å². The zero-order chi connectivity index (χ0) is 35.4. The van der Waals surface area contributed by atoms with Gasteiger partial charge in [0.05, 0.1) is 23.7 Å². The molecule has 1 saturated heterocycles. The predicted molar refractivity (Wildman–Crippen MR) is 154 cm³/mol. The van der Waals surface area contributed by atoms with Gasteiger partial charge in [0.1, 0.15) is 35.7 Å². The van der Waals surface area contributed by atoms with Crippen LogP contribution in [0.2, 0.25) is 0 Å². The van der Waals surface area contributed by atoms with Gasteiger partial charge in [-0.3, -0.25) is 24.0 Å². The summed E-state index contributed by atoms with van der Waals surface area (Å²) in [5.74, 6) is -6.93. The number of nitrogens with one attached hydrogen (secondary N) is 1. The lowest BCUT2D eigenvalue weighted by atomic mass is 9.96. The molecule has 1 fully saturated rings. The van der Waals surface area contributed by atoms with Crippen molar-refractivity contribution in [3.05, 3.63) is 51.6 Å². The van der Waals surface area contributed by atoms with Crippen LogP contribution in [0.3, 0.4) is 0 Å². The first kappa shape index (κ1) is 35.6. The number of nitrogens with zero attached hydrogens (tertiary/aromatic N) is 4. The number of benzene rings is 1. The van der Waals surface area contributed by atoms with Crippen molar-refractivity contribution >= 4 is 40.7 Å². The van der Waals surface area contributed by atoms with Gasteiger partial charge in [0.25, 0.3) is 0 Å². The zero-order valence-electron chi connectivity index (χ0n) is 26.2. The molecule has 3 heterocycles. The average molecular weight is 680 g/mol. The molecule has 0 spiro atoms. The van der Waals surface area contributed by atoms with E-state index in [-0.39, 0.29) is 17.8 Å². The molecule has 2 aromatic heterocycles. The lowest BCUT2D eigenvalue weighted by Gasteiger charge is -2.44. The summed E-state index contributed by atoms with van der Waals surface area (Å²) < 4.78 is 60.5. The highest BCUT2D eigenvalue weighted by molar-refractivity contribution is 5.93. The fraction of sp³-hybridized carbons (Fsp3) is 0.448.